The van der Waals surface area contributed by atoms with Crippen LogP contribution >= 0.6 is 0 Å². The van der Waals surface area contributed by atoms with Gasteiger partial charge < -0.3 is 5.32 Å². The Morgan fingerprint density at radius 2 is 1.21 bits per heavy atom. The van der Waals surface area contributed by atoms with Gasteiger partial charge in [-0.1, -0.05) is 71.1 Å². The lowest BCUT2D eigenvalue weighted by Crippen LogP contribution is -2.39. The molecule has 0 radical (unpaired) electrons. The molecule has 0 aromatic rings. The molecule has 19 heavy (non-hydrogen) atoms. The first-order chi connectivity index (χ1) is 9.02. The quantitative estimate of drug-likeness (QED) is 0.469. The van der Waals surface area contributed by atoms with Crippen LogP contribution in [0.1, 0.15) is 77.6 Å². The van der Waals surface area contributed by atoms with E-state index in [9.17, 15) is 13.2 Å². The molecule has 116 valence electrons. The Bertz CT molecular complexity index is 192. The van der Waals surface area contributed by atoms with Gasteiger partial charge in [0.1, 0.15) is 6.04 Å². The maximum atomic E-state index is 12.4. The van der Waals surface area contributed by atoms with E-state index >= 15 is 0 Å². The summed E-state index contributed by atoms with van der Waals surface area (Å²) in [4.78, 5) is 0. The minimum Gasteiger partial charge on any atom is -0.309 e. The van der Waals surface area contributed by atoms with Gasteiger partial charge in [0.2, 0.25) is 0 Å². The summed E-state index contributed by atoms with van der Waals surface area (Å²) in [6.07, 6.45) is 7.67. The van der Waals surface area contributed by atoms with Crippen LogP contribution in [-0.2, 0) is 0 Å². The zero-order valence-corrected chi connectivity index (χ0v) is 12.5. The van der Waals surface area contributed by atoms with Crippen molar-refractivity contribution in [1.82, 2.24) is 5.32 Å². The van der Waals surface area contributed by atoms with Crippen LogP contribution in [0.4, 0.5) is 13.2 Å². The molecule has 0 saturated heterocycles. The predicted molar refractivity (Wildman–Crippen MR) is 75.4 cm³/mol. The Hall–Kier alpha value is -0.250. The number of alkyl halides is 3. The van der Waals surface area contributed by atoms with E-state index in [4.69, 9.17) is 0 Å². The zero-order valence-electron chi connectivity index (χ0n) is 12.5. The van der Waals surface area contributed by atoms with Crippen LogP contribution in [0.25, 0.3) is 0 Å². The fourth-order valence-electron chi connectivity index (χ4n) is 2.31. The van der Waals surface area contributed by atoms with Crippen molar-refractivity contribution in [1.29, 1.82) is 0 Å². The van der Waals surface area contributed by atoms with Gasteiger partial charge in [0.05, 0.1) is 0 Å². The molecule has 1 N–H and O–H groups in total. The van der Waals surface area contributed by atoms with Gasteiger partial charge in [0.25, 0.3) is 0 Å². The maximum Gasteiger partial charge on any atom is 0.403 e. The highest BCUT2D eigenvalue weighted by Gasteiger charge is 2.37. The molecule has 0 aliphatic carbocycles. The molecule has 0 saturated carbocycles. The second kappa shape index (κ2) is 11.6. The van der Waals surface area contributed by atoms with Gasteiger partial charge >= 0.3 is 6.18 Å². The van der Waals surface area contributed by atoms with Crippen molar-refractivity contribution < 1.29 is 13.2 Å². The van der Waals surface area contributed by atoms with Crippen LogP contribution in [-0.4, -0.2) is 19.3 Å². The predicted octanol–water partition coefficient (Wildman–Crippen LogP) is 5.45. The standard InChI is InChI=1S/C15H30F3N/c1-3-4-5-6-7-8-9-10-11-12-13-14(19-2)15(16,17)18/h14,19H,3-13H2,1-2H3. The third kappa shape index (κ3) is 11.3. The number of rotatable bonds is 12. The Kier molecular flexibility index (Phi) is 11.4. The molecule has 1 nitrogen and oxygen atoms in total. The highest BCUT2D eigenvalue weighted by molar-refractivity contribution is 4.72. The summed E-state index contributed by atoms with van der Waals surface area (Å²) < 4.78 is 37.3. The lowest BCUT2D eigenvalue weighted by atomic mass is 10.0. The molecule has 0 bridgehead atoms. The zero-order chi connectivity index (χ0) is 14.6. The third-order valence-electron chi connectivity index (χ3n) is 3.59. The van der Waals surface area contributed by atoms with Crippen LogP contribution in [0.3, 0.4) is 0 Å². The monoisotopic (exact) mass is 281 g/mol. The lowest BCUT2D eigenvalue weighted by molar-refractivity contribution is -0.156. The highest BCUT2D eigenvalue weighted by Crippen LogP contribution is 2.24. The number of unbranched alkanes of at least 4 members (excludes halogenated alkanes) is 9. The topological polar surface area (TPSA) is 12.0 Å². The Balaban J connectivity index is 3.31. The van der Waals surface area contributed by atoms with Crippen molar-refractivity contribution in [2.24, 2.45) is 0 Å². The molecule has 0 aliphatic heterocycles. The minimum absolute atomic E-state index is 0.205. The van der Waals surface area contributed by atoms with E-state index in [0.717, 1.165) is 12.8 Å². The molecule has 0 heterocycles. The number of hydrogen-bond donors (Lipinski definition) is 1. The smallest absolute Gasteiger partial charge is 0.309 e. The van der Waals surface area contributed by atoms with E-state index in [1.165, 1.54) is 52.0 Å². The Labute approximate surface area is 116 Å². The maximum absolute atomic E-state index is 12.4. The Morgan fingerprint density at radius 3 is 1.58 bits per heavy atom. The van der Waals surface area contributed by atoms with Gasteiger partial charge in [-0.3, -0.25) is 0 Å². The molecule has 1 atom stereocenters. The van der Waals surface area contributed by atoms with Crippen LogP contribution in [0.2, 0.25) is 0 Å². The minimum atomic E-state index is -4.10. The van der Waals surface area contributed by atoms with Gasteiger partial charge in [0.15, 0.2) is 0 Å². The fourth-order valence-corrected chi connectivity index (χ4v) is 2.31. The van der Waals surface area contributed by atoms with Crippen molar-refractivity contribution in [3.63, 3.8) is 0 Å². The first kappa shape index (κ1) is 18.8. The van der Waals surface area contributed by atoms with Gasteiger partial charge in [-0.15, -0.1) is 0 Å². The van der Waals surface area contributed by atoms with E-state index in [1.807, 2.05) is 0 Å². The molecule has 0 spiro atoms. The molecule has 0 aromatic heterocycles. The summed E-state index contributed by atoms with van der Waals surface area (Å²) in [6.45, 7) is 2.21. The van der Waals surface area contributed by atoms with Crippen molar-refractivity contribution in [3.05, 3.63) is 0 Å². The SMILES string of the molecule is CCCCCCCCCCCCC(NC)C(F)(F)F. The number of hydrogen-bond acceptors (Lipinski definition) is 1. The normalized spacial score (nSPS) is 13.7. The highest BCUT2D eigenvalue weighted by atomic mass is 19.4. The summed E-state index contributed by atoms with van der Waals surface area (Å²) >= 11 is 0. The van der Waals surface area contributed by atoms with E-state index in [2.05, 4.69) is 12.2 Å². The van der Waals surface area contributed by atoms with E-state index in [-0.39, 0.29) is 6.42 Å². The van der Waals surface area contributed by atoms with E-state index in [0.29, 0.717) is 6.42 Å². The van der Waals surface area contributed by atoms with Crippen LogP contribution in [0, 0.1) is 0 Å². The van der Waals surface area contributed by atoms with Gasteiger partial charge in [-0.2, -0.15) is 13.2 Å². The summed E-state index contributed by atoms with van der Waals surface area (Å²) in [5, 5.41) is 2.35. The summed E-state index contributed by atoms with van der Waals surface area (Å²) in [6, 6.07) is -1.33. The molecule has 0 amide bonds. The molecular formula is C15H30F3N. The lowest BCUT2D eigenvalue weighted by Gasteiger charge is -2.19. The van der Waals surface area contributed by atoms with E-state index < -0.39 is 12.2 Å². The van der Waals surface area contributed by atoms with Crippen molar-refractivity contribution in [3.8, 4) is 0 Å². The average Bonchev–Trinajstić information content (AvgIpc) is 2.34. The van der Waals surface area contributed by atoms with Gasteiger partial charge in [-0.05, 0) is 13.5 Å². The molecule has 0 aromatic carbocycles. The largest absolute Gasteiger partial charge is 0.403 e. The number of halogens is 3. The van der Waals surface area contributed by atoms with Crippen LogP contribution in [0.15, 0.2) is 0 Å². The van der Waals surface area contributed by atoms with Gasteiger partial charge in [0, 0.05) is 0 Å². The first-order valence-electron chi connectivity index (χ1n) is 7.76. The van der Waals surface area contributed by atoms with Crippen molar-refractivity contribution >= 4 is 0 Å². The fraction of sp³-hybridized carbons (Fsp3) is 1.00. The molecule has 4 heteroatoms. The second-order valence-corrected chi connectivity index (χ2v) is 5.35. The first-order valence-corrected chi connectivity index (χ1v) is 7.76. The molecule has 1 unspecified atom stereocenters. The Morgan fingerprint density at radius 1 is 0.789 bits per heavy atom. The molecule has 0 rings (SSSR count). The number of nitrogens with one attached hydrogen (secondary N) is 1. The van der Waals surface area contributed by atoms with Crippen LogP contribution < -0.4 is 5.32 Å². The average molecular weight is 281 g/mol. The van der Waals surface area contributed by atoms with Crippen LogP contribution in [0.5, 0.6) is 0 Å². The van der Waals surface area contributed by atoms with Crippen molar-refractivity contribution in [2.45, 2.75) is 89.8 Å². The third-order valence-corrected chi connectivity index (χ3v) is 3.59. The molecular weight excluding hydrogens is 251 g/mol. The van der Waals surface area contributed by atoms with Crippen molar-refractivity contribution in [2.75, 3.05) is 7.05 Å². The molecule has 0 fully saturated rings. The van der Waals surface area contributed by atoms with Gasteiger partial charge in [-0.25, -0.2) is 0 Å². The summed E-state index contributed by atoms with van der Waals surface area (Å²) in [5.74, 6) is 0. The van der Waals surface area contributed by atoms with E-state index in [1.54, 1.807) is 0 Å². The summed E-state index contributed by atoms with van der Waals surface area (Å²) in [5.41, 5.74) is 0. The summed E-state index contributed by atoms with van der Waals surface area (Å²) in [7, 11) is 1.38. The second-order valence-electron chi connectivity index (χ2n) is 5.35. The molecule has 0 aliphatic rings.